The first-order valence-electron chi connectivity index (χ1n) is 7.17. The molecule has 1 spiro atoms. The summed E-state index contributed by atoms with van der Waals surface area (Å²) >= 11 is 0. The second kappa shape index (κ2) is 3.51. The van der Waals surface area contributed by atoms with Crippen LogP contribution in [0.5, 0.6) is 0 Å². The number of rotatable bonds is 1. The van der Waals surface area contributed by atoms with Crippen molar-refractivity contribution in [2.24, 2.45) is 11.3 Å². The van der Waals surface area contributed by atoms with E-state index in [9.17, 15) is 5.11 Å². The van der Waals surface area contributed by atoms with E-state index in [4.69, 9.17) is 4.74 Å². The zero-order valence-corrected chi connectivity index (χ0v) is 11.1. The summed E-state index contributed by atoms with van der Waals surface area (Å²) in [7, 11) is 0. The SMILES string of the molecule is O[C@@H]1CC2(COC2)[C@H]1[C@H]1c2ccccc2-c2cncn21. The zero-order chi connectivity index (χ0) is 13.3. The maximum atomic E-state index is 10.4. The number of hydrogen-bond acceptors (Lipinski definition) is 3. The van der Waals surface area contributed by atoms with Gasteiger partial charge in [-0.3, -0.25) is 0 Å². The molecule has 1 N–H and O–H groups in total. The summed E-state index contributed by atoms with van der Waals surface area (Å²) in [6.07, 6.45) is 4.47. The molecule has 2 aliphatic heterocycles. The van der Waals surface area contributed by atoms with Crippen molar-refractivity contribution in [2.75, 3.05) is 13.2 Å². The van der Waals surface area contributed by atoms with Crippen LogP contribution in [0.4, 0.5) is 0 Å². The van der Waals surface area contributed by atoms with Crippen LogP contribution in [0.2, 0.25) is 0 Å². The lowest BCUT2D eigenvalue weighted by Gasteiger charge is -2.60. The normalized spacial score (nSPS) is 32.4. The summed E-state index contributed by atoms with van der Waals surface area (Å²) in [5, 5.41) is 10.4. The van der Waals surface area contributed by atoms with Gasteiger partial charge in [-0.25, -0.2) is 4.98 Å². The first-order chi connectivity index (χ1) is 9.80. The summed E-state index contributed by atoms with van der Waals surface area (Å²) in [6.45, 7) is 1.58. The Balaban J connectivity index is 1.68. The fraction of sp³-hybridized carbons (Fsp3) is 0.438. The van der Waals surface area contributed by atoms with Crippen molar-refractivity contribution in [1.82, 2.24) is 9.55 Å². The first-order valence-corrected chi connectivity index (χ1v) is 7.17. The molecule has 3 atom stereocenters. The highest BCUT2D eigenvalue weighted by Gasteiger charge is 2.62. The van der Waals surface area contributed by atoms with E-state index in [1.807, 2.05) is 12.5 Å². The molecule has 2 aromatic rings. The predicted octanol–water partition coefficient (Wildman–Crippen LogP) is 1.85. The van der Waals surface area contributed by atoms with Crippen molar-refractivity contribution in [2.45, 2.75) is 18.6 Å². The van der Waals surface area contributed by atoms with E-state index >= 15 is 0 Å². The Morgan fingerprint density at radius 3 is 2.90 bits per heavy atom. The molecular weight excluding hydrogens is 252 g/mol. The number of fused-ring (bicyclic) bond motifs is 3. The van der Waals surface area contributed by atoms with Crippen LogP contribution in [-0.2, 0) is 4.74 Å². The van der Waals surface area contributed by atoms with Gasteiger partial charge in [0, 0.05) is 16.9 Å². The smallest absolute Gasteiger partial charge is 0.0956 e. The van der Waals surface area contributed by atoms with Crippen LogP contribution in [0, 0.1) is 11.3 Å². The van der Waals surface area contributed by atoms with Crippen molar-refractivity contribution < 1.29 is 9.84 Å². The third-order valence-electron chi connectivity index (χ3n) is 5.38. The Morgan fingerprint density at radius 2 is 2.15 bits per heavy atom. The Morgan fingerprint density at radius 1 is 1.30 bits per heavy atom. The molecular formula is C16H16N2O2. The Bertz CT molecular complexity index is 689. The Kier molecular flexibility index (Phi) is 1.94. The molecule has 0 bridgehead atoms. The van der Waals surface area contributed by atoms with Gasteiger partial charge in [-0.05, 0) is 12.0 Å². The molecule has 4 nitrogen and oxygen atoms in total. The predicted molar refractivity (Wildman–Crippen MR) is 73.2 cm³/mol. The van der Waals surface area contributed by atoms with Gasteiger partial charge in [0.1, 0.15) is 0 Å². The number of hydrogen-bond donors (Lipinski definition) is 1. The molecule has 0 amide bonds. The highest BCUT2D eigenvalue weighted by molar-refractivity contribution is 5.69. The van der Waals surface area contributed by atoms with E-state index in [0.29, 0.717) is 0 Å². The summed E-state index contributed by atoms with van der Waals surface area (Å²) in [4.78, 5) is 4.30. The van der Waals surface area contributed by atoms with Crippen molar-refractivity contribution in [1.29, 1.82) is 0 Å². The van der Waals surface area contributed by atoms with Crippen LogP contribution in [0.1, 0.15) is 18.0 Å². The van der Waals surface area contributed by atoms with Crippen molar-refractivity contribution >= 4 is 0 Å². The van der Waals surface area contributed by atoms with Gasteiger partial charge in [-0.1, -0.05) is 24.3 Å². The van der Waals surface area contributed by atoms with E-state index in [2.05, 4.69) is 33.8 Å². The number of imidazole rings is 1. The second-order valence-corrected chi connectivity index (χ2v) is 6.37. The average molecular weight is 268 g/mol. The van der Waals surface area contributed by atoms with Gasteiger partial charge in [0.2, 0.25) is 0 Å². The van der Waals surface area contributed by atoms with E-state index in [1.54, 1.807) is 0 Å². The molecule has 0 radical (unpaired) electrons. The lowest BCUT2D eigenvalue weighted by Crippen LogP contribution is -2.64. The number of ether oxygens (including phenoxy) is 1. The number of benzene rings is 1. The van der Waals surface area contributed by atoms with Gasteiger partial charge in [-0.2, -0.15) is 0 Å². The van der Waals surface area contributed by atoms with E-state index in [1.165, 1.54) is 16.8 Å². The average Bonchev–Trinajstić information content (AvgIpc) is 2.97. The number of nitrogens with zero attached hydrogens (tertiary/aromatic N) is 2. The van der Waals surface area contributed by atoms with Crippen LogP contribution in [0.15, 0.2) is 36.8 Å². The van der Waals surface area contributed by atoms with Gasteiger partial charge < -0.3 is 14.4 Å². The molecule has 102 valence electrons. The molecule has 1 aromatic carbocycles. The highest BCUT2D eigenvalue weighted by atomic mass is 16.5. The summed E-state index contributed by atoms with van der Waals surface area (Å²) in [6, 6.07) is 8.69. The maximum Gasteiger partial charge on any atom is 0.0956 e. The molecule has 3 aliphatic rings. The van der Waals surface area contributed by atoms with Crippen LogP contribution >= 0.6 is 0 Å². The van der Waals surface area contributed by atoms with Crippen LogP contribution in [0.25, 0.3) is 11.3 Å². The standard InChI is InChI=1S/C16H16N2O2/c19-13-5-16(7-20-8-16)14(13)15-11-4-2-1-3-10(11)12-6-17-9-18(12)15/h1-4,6,9,13-15,19H,5,7-8H2/t13-,14-,15-/m1/s1. The number of aliphatic hydroxyl groups is 1. The van der Waals surface area contributed by atoms with Crippen molar-refractivity contribution in [3.05, 3.63) is 42.4 Å². The number of aliphatic hydroxyl groups excluding tert-OH is 1. The van der Waals surface area contributed by atoms with Gasteiger partial charge in [0.15, 0.2) is 0 Å². The summed E-state index contributed by atoms with van der Waals surface area (Å²) in [5.41, 5.74) is 3.92. The molecule has 1 aromatic heterocycles. The fourth-order valence-corrected chi connectivity index (χ4v) is 4.39. The minimum Gasteiger partial charge on any atom is -0.393 e. The molecule has 3 heterocycles. The van der Waals surface area contributed by atoms with Gasteiger partial charge in [-0.15, -0.1) is 0 Å². The molecule has 0 unspecified atom stereocenters. The van der Waals surface area contributed by atoms with E-state index in [-0.39, 0.29) is 23.5 Å². The molecule has 4 heteroatoms. The largest absolute Gasteiger partial charge is 0.393 e. The van der Waals surface area contributed by atoms with Crippen LogP contribution < -0.4 is 0 Å². The third kappa shape index (κ3) is 1.13. The quantitative estimate of drug-likeness (QED) is 0.858. The lowest BCUT2D eigenvalue weighted by molar-refractivity contribution is -0.250. The zero-order valence-electron chi connectivity index (χ0n) is 11.1. The van der Waals surface area contributed by atoms with Crippen molar-refractivity contribution in [3.8, 4) is 11.3 Å². The summed E-state index contributed by atoms with van der Waals surface area (Å²) < 4.78 is 7.67. The fourth-order valence-electron chi connectivity index (χ4n) is 4.39. The maximum absolute atomic E-state index is 10.4. The molecule has 1 aliphatic carbocycles. The van der Waals surface area contributed by atoms with Crippen LogP contribution in [0.3, 0.4) is 0 Å². The number of aromatic nitrogens is 2. The lowest BCUT2D eigenvalue weighted by atomic mass is 9.53. The molecule has 5 rings (SSSR count). The molecule has 2 fully saturated rings. The van der Waals surface area contributed by atoms with Gasteiger partial charge in [0.05, 0.1) is 43.6 Å². The highest BCUT2D eigenvalue weighted by Crippen LogP contribution is 2.60. The monoisotopic (exact) mass is 268 g/mol. The van der Waals surface area contributed by atoms with Gasteiger partial charge >= 0.3 is 0 Å². The minimum atomic E-state index is -0.231. The first kappa shape index (κ1) is 11.1. The van der Waals surface area contributed by atoms with E-state index in [0.717, 1.165) is 19.6 Å². The minimum absolute atomic E-state index is 0.184. The van der Waals surface area contributed by atoms with Gasteiger partial charge in [0.25, 0.3) is 0 Å². The Labute approximate surface area is 117 Å². The van der Waals surface area contributed by atoms with Crippen molar-refractivity contribution in [3.63, 3.8) is 0 Å². The summed E-state index contributed by atoms with van der Waals surface area (Å²) in [5.74, 6) is 0.243. The molecule has 1 saturated heterocycles. The van der Waals surface area contributed by atoms with E-state index < -0.39 is 0 Å². The molecule has 20 heavy (non-hydrogen) atoms. The Hall–Kier alpha value is -1.65. The third-order valence-corrected chi connectivity index (χ3v) is 5.38. The second-order valence-electron chi connectivity index (χ2n) is 6.37. The van der Waals surface area contributed by atoms with Crippen LogP contribution in [-0.4, -0.2) is 34.0 Å². The molecule has 1 saturated carbocycles. The topological polar surface area (TPSA) is 47.3 Å².